The van der Waals surface area contributed by atoms with E-state index in [0.29, 0.717) is 12.3 Å². The second kappa shape index (κ2) is 4.72. The van der Waals surface area contributed by atoms with Gasteiger partial charge in [0.1, 0.15) is 0 Å². The van der Waals surface area contributed by atoms with Crippen molar-refractivity contribution in [3.63, 3.8) is 0 Å². The van der Waals surface area contributed by atoms with Gasteiger partial charge in [-0.1, -0.05) is 24.3 Å². The lowest BCUT2D eigenvalue weighted by Crippen LogP contribution is -2.05. The minimum Gasteiger partial charge on any atom is -0.388 e. The summed E-state index contributed by atoms with van der Waals surface area (Å²) in [5.74, 6) is 0.659. The summed E-state index contributed by atoms with van der Waals surface area (Å²) in [5, 5.41) is 12.6. The van der Waals surface area contributed by atoms with Crippen molar-refractivity contribution in [3.05, 3.63) is 58.9 Å². The number of thiazole rings is 1. The van der Waals surface area contributed by atoms with Crippen molar-refractivity contribution in [2.75, 3.05) is 0 Å². The molecule has 4 rings (SSSR count). The van der Waals surface area contributed by atoms with Crippen molar-refractivity contribution in [1.29, 1.82) is 0 Å². The molecule has 0 amide bonds. The highest BCUT2D eigenvalue weighted by atomic mass is 32.1. The number of hydrogen-bond donors (Lipinski definition) is 1. The quantitative estimate of drug-likeness (QED) is 0.795. The Morgan fingerprint density at radius 2 is 2.20 bits per heavy atom. The van der Waals surface area contributed by atoms with E-state index >= 15 is 0 Å². The van der Waals surface area contributed by atoms with Crippen LogP contribution in [0.15, 0.2) is 42.0 Å². The predicted octanol–water partition coefficient (Wildman–Crippen LogP) is 3.55. The third kappa shape index (κ3) is 2.15. The van der Waals surface area contributed by atoms with Crippen molar-refractivity contribution in [2.45, 2.75) is 31.3 Å². The van der Waals surface area contributed by atoms with E-state index in [4.69, 9.17) is 0 Å². The van der Waals surface area contributed by atoms with Crippen LogP contribution in [0.1, 0.15) is 41.7 Å². The molecule has 0 radical (unpaired) electrons. The normalized spacial score (nSPS) is 16.6. The lowest BCUT2D eigenvalue weighted by molar-refractivity contribution is 0.176. The molecule has 20 heavy (non-hydrogen) atoms. The minimum atomic E-state index is -0.462. The van der Waals surface area contributed by atoms with Gasteiger partial charge in [0.2, 0.25) is 0 Å². The smallest absolute Gasteiger partial charge is 0.193 e. The summed E-state index contributed by atoms with van der Waals surface area (Å²) >= 11 is 1.62. The fraction of sp³-hybridized carbons (Fsp3) is 0.312. The first-order valence-corrected chi connectivity index (χ1v) is 7.87. The van der Waals surface area contributed by atoms with Gasteiger partial charge in [0.25, 0.3) is 0 Å². The lowest BCUT2D eigenvalue weighted by Gasteiger charge is -2.14. The van der Waals surface area contributed by atoms with Crippen LogP contribution in [0.5, 0.6) is 0 Å². The molecule has 0 bridgehead atoms. The standard InChI is InChI=1S/C16H16N2OS/c19-15(9-12-10-18-7-8-20-16(18)17-12)14-4-2-1-3-13(14)11-5-6-11/h1-4,7-8,10-11,15,19H,5-6,9H2. The van der Waals surface area contributed by atoms with Crippen LogP contribution in [-0.2, 0) is 6.42 Å². The van der Waals surface area contributed by atoms with Gasteiger partial charge in [-0.25, -0.2) is 4.98 Å². The summed E-state index contributed by atoms with van der Waals surface area (Å²) in [6, 6.07) is 8.28. The first kappa shape index (κ1) is 12.1. The first-order valence-electron chi connectivity index (χ1n) is 6.99. The summed E-state index contributed by atoms with van der Waals surface area (Å²) < 4.78 is 2.01. The second-order valence-electron chi connectivity index (χ2n) is 5.45. The molecule has 1 atom stereocenters. The van der Waals surface area contributed by atoms with Crippen LogP contribution in [0.4, 0.5) is 0 Å². The fourth-order valence-electron chi connectivity index (χ4n) is 2.76. The Morgan fingerprint density at radius 3 is 3.00 bits per heavy atom. The van der Waals surface area contributed by atoms with Gasteiger partial charge in [-0.2, -0.15) is 0 Å². The third-order valence-electron chi connectivity index (χ3n) is 3.92. The molecule has 1 aliphatic carbocycles. The van der Waals surface area contributed by atoms with E-state index in [-0.39, 0.29) is 0 Å². The summed E-state index contributed by atoms with van der Waals surface area (Å²) in [6.45, 7) is 0. The SMILES string of the molecule is OC(Cc1cn2ccsc2n1)c1ccccc1C1CC1. The molecule has 2 aromatic heterocycles. The van der Waals surface area contributed by atoms with Gasteiger partial charge in [0, 0.05) is 24.2 Å². The van der Waals surface area contributed by atoms with E-state index in [1.807, 2.05) is 28.2 Å². The third-order valence-corrected chi connectivity index (χ3v) is 4.69. The Morgan fingerprint density at radius 1 is 1.35 bits per heavy atom. The van der Waals surface area contributed by atoms with Gasteiger partial charge < -0.3 is 5.11 Å². The molecule has 3 nitrogen and oxygen atoms in total. The van der Waals surface area contributed by atoms with Gasteiger partial charge in [0.15, 0.2) is 4.96 Å². The van der Waals surface area contributed by atoms with Crippen molar-refractivity contribution in [2.24, 2.45) is 0 Å². The number of rotatable bonds is 4. The highest BCUT2D eigenvalue weighted by Crippen LogP contribution is 2.43. The second-order valence-corrected chi connectivity index (χ2v) is 6.32. The number of fused-ring (bicyclic) bond motifs is 1. The molecular formula is C16H16N2OS. The monoisotopic (exact) mass is 284 g/mol. The molecule has 0 spiro atoms. The summed E-state index contributed by atoms with van der Waals surface area (Å²) in [6.07, 6.45) is 6.64. The Kier molecular flexibility index (Phi) is 2.86. The van der Waals surface area contributed by atoms with E-state index in [2.05, 4.69) is 23.2 Å². The molecule has 1 N–H and O–H groups in total. The lowest BCUT2D eigenvalue weighted by atomic mass is 9.96. The van der Waals surface area contributed by atoms with Crippen molar-refractivity contribution in [3.8, 4) is 0 Å². The molecular weight excluding hydrogens is 268 g/mol. The van der Waals surface area contributed by atoms with Gasteiger partial charge in [-0.3, -0.25) is 4.40 Å². The highest BCUT2D eigenvalue weighted by molar-refractivity contribution is 7.15. The average Bonchev–Trinajstić information content (AvgIpc) is 3.10. The maximum Gasteiger partial charge on any atom is 0.193 e. The Bertz CT molecular complexity index is 713. The predicted molar refractivity (Wildman–Crippen MR) is 80.1 cm³/mol. The van der Waals surface area contributed by atoms with Crippen molar-refractivity contribution < 1.29 is 5.11 Å². The van der Waals surface area contributed by atoms with Gasteiger partial charge in [-0.05, 0) is 29.9 Å². The molecule has 0 saturated heterocycles. The number of imidazole rings is 1. The van der Waals surface area contributed by atoms with Crippen LogP contribution >= 0.6 is 11.3 Å². The fourth-order valence-corrected chi connectivity index (χ4v) is 3.48. The van der Waals surface area contributed by atoms with Crippen LogP contribution in [0.3, 0.4) is 0 Å². The number of nitrogens with zero attached hydrogens (tertiary/aromatic N) is 2. The molecule has 1 fully saturated rings. The Labute approximate surface area is 121 Å². The maximum atomic E-state index is 10.5. The zero-order valence-corrected chi connectivity index (χ0v) is 11.9. The summed E-state index contributed by atoms with van der Waals surface area (Å²) in [5.41, 5.74) is 3.35. The molecule has 0 aliphatic heterocycles. The van der Waals surface area contributed by atoms with Gasteiger partial charge in [-0.15, -0.1) is 11.3 Å². The molecule has 2 heterocycles. The largest absolute Gasteiger partial charge is 0.388 e. The van der Waals surface area contributed by atoms with E-state index in [9.17, 15) is 5.11 Å². The molecule has 4 heteroatoms. The number of benzene rings is 1. The topological polar surface area (TPSA) is 37.5 Å². The molecule has 1 aliphatic rings. The number of aliphatic hydroxyl groups is 1. The first-order chi connectivity index (χ1) is 9.81. The molecule has 102 valence electrons. The van der Waals surface area contributed by atoms with Crippen LogP contribution in [0, 0.1) is 0 Å². The number of hydrogen-bond acceptors (Lipinski definition) is 3. The van der Waals surface area contributed by atoms with Crippen LogP contribution in [-0.4, -0.2) is 14.5 Å². The van der Waals surface area contributed by atoms with Crippen LogP contribution in [0.25, 0.3) is 4.96 Å². The van der Waals surface area contributed by atoms with E-state index < -0.39 is 6.10 Å². The van der Waals surface area contributed by atoms with Crippen LogP contribution < -0.4 is 0 Å². The molecule has 1 saturated carbocycles. The van der Waals surface area contributed by atoms with Crippen molar-refractivity contribution in [1.82, 2.24) is 9.38 Å². The van der Waals surface area contributed by atoms with Gasteiger partial charge >= 0.3 is 0 Å². The molecule has 1 unspecified atom stereocenters. The maximum absolute atomic E-state index is 10.5. The molecule has 3 aromatic rings. The zero-order chi connectivity index (χ0) is 13.5. The Hall–Kier alpha value is -1.65. The molecule has 1 aromatic carbocycles. The van der Waals surface area contributed by atoms with Crippen LogP contribution in [0.2, 0.25) is 0 Å². The van der Waals surface area contributed by atoms with E-state index in [1.54, 1.807) is 11.3 Å². The summed E-state index contributed by atoms with van der Waals surface area (Å²) in [4.78, 5) is 5.54. The van der Waals surface area contributed by atoms with E-state index in [1.165, 1.54) is 18.4 Å². The summed E-state index contributed by atoms with van der Waals surface area (Å²) in [7, 11) is 0. The minimum absolute atomic E-state index is 0.462. The van der Waals surface area contributed by atoms with Gasteiger partial charge in [0.05, 0.1) is 11.8 Å². The van der Waals surface area contributed by atoms with E-state index in [0.717, 1.165) is 16.2 Å². The Balaban J connectivity index is 1.60. The average molecular weight is 284 g/mol. The number of aliphatic hydroxyl groups excluding tert-OH is 1. The highest BCUT2D eigenvalue weighted by Gasteiger charge is 2.27. The van der Waals surface area contributed by atoms with Crippen molar-refractivity contribution >= 4 is 16.3 Å². The zero-order valence-electron chi connectivity index (χ0n) is 11.1. The number of aromatic nitrogens is 2.